The standard InChI is InChI=1S/C32H50O5/c1-19(33)37-25-17-24(34)31(8)20(28(25,4)5)9-12-29(6)21-11-14-32(26(35)36)16-15-27(2,3)18-23(32)30(21,7)13-10-22(29)31/h11,20,22-25,34H,9-10,12-18H2,1-8H3,(H,35,36)/t20-,22-,23-,24-,25-,29-,30+,31-,32+/m0/s1. The molecule has 0 bridgehead atoms. The summed E-state index contributed by atoms with van der Waals surface area (Å²) >= 11 is 0. The van der Waals surface area contributed by atoms with Crippen molar-refractivity contribution in [2.24, 2.45) is 50.2 Å². The number of carbonyl (C=O) groups excluding carboxylic acids is 1. The number of aliphatic carboxylic acids is 1. The second-order valence-corrected chi connectivity index (χ2v) is 15.8. The fourth-order valence-electron chi connectivity index (χ4n) is 11.2. The highest BCUT2D eigenvalue weighted by molar-refractivity contribution is 5.76. The van der Waals surface area contributed by atoms with Gasteiger partial charge in [0.15, 0.2) is 0 Å². The molecule has 0 aromatic rings. The van der Waals surface area contributed by atoms with Gasteiger partial charge in [-0.1, -0.05) is 60.1 Å². The Morgan fingerprint density at radius 1 is 0.892 bits per heavy atom. The molecule has 5 rings (SSSR count). The molecule has 9 atom stereocenters. The summed E-state index contributed by atoms with van der Waals surface area (Å²) < 4.78 is 5.78. The number of aliphatic hydroxyl groups excluding tert-OH is 1. The predicted octanol–water partition coefficient (Wildman–Crippen LogP) is 6.78. The van der Waals surface area contributed by atoms with Crippen molar-refractivity contribution in [3.05, 3.63) is 11.6 Å². The summed E-state index contributed by atoms with van der Waals surface area (Å²) in [7, 11) is 0. The van der Waals surface area contributed by atoms with Gasteiger partial charge in [0.25, 0.3) is 0 Å². The molecule has 0 radical (unpaired) electrons. The average molecular weight is 515 g/mol. The summed E-state index contributed by atoms with van der Waals surface area (Å²) in [5.41, 5.74) is 0.320. The van der Waals surface area contributed by atoms with E-state index in [1.54, 1.807) is 0 Å². The Labute approximate surface area is 223 Å². The third-order valence-corrected chi connectivity index (χ3v) is 13.1. The minimum absolute atomic E-state index is 0.0597. The van der Waals surface area contributed by atoms with Crippen LogP contribution in [-0.4, -0.2) is 34.4 Å². The van der Waals surface area contributed by atoms with Gasteiger partial charge in [-0.2, -0.15) is 0 Å². The number of ether oxygens (including phenoxy) is 1. The monoisotopic (exact) mass is 514 g/mol. The van der Waals surface area contributed by atoms with E-state index in [1.165, 1.54) is 12.5 Å². The zero-order chi connectivity index (χ0) is 27.4. The summed E-state index contributed by atoms with van der Waals surface area (Å²) in [6.07, 6.45) is 9.41. The van der Waals surface area contributed by atoms with Crippen LogP contribution in [0.15, 0.2) is 11.6 Å². The first-order valence-corrected chi connectivity index (χ1v) is 14.7. The van der Waals surface area contributed by atoms with Crippen LogP contribution in [0.2, 0.25) is 0 Å². The third-order valence-electron chi connectivity index (χ3n) is 13.1. The highest BCUT2D eigenvalue weighted by Crippen LogP contribution is 2.75. The van der Waals surface area contributed by atoms with Crippen molar-refractivity contribution < 1.29 is 24.5 Å². The van der Waals surface area contributed by atoms with Gasteiger partial charge in [-0.25, -0.2) is 0 Å². The van der Waals surface area contributed by atoms with Crippen molar-refractivity contribution in [3.8, 4) is 0 Å². The Kier molecular flexibility index (Phi) is 5.95. The number of hydrogen-bond acceptors (Lipinski definition) is 4. The number of allylic oxidation sites excluding steroid dienone is 2. The summed E-state index contributed by atoms with van der Waals surface area (Å²) in [5.74, 6) is -0.155. The van der Waals surface area contributed by atoms with Crippen molar-refractivity contribution in [2.75, 3.05) is 0 Å². The zero-order valence-electron chi connectivity index (χ0n) is 24.4. The minimum atomic E-state index is -0.651. The van der Waals surface area contributed by atoms with Crippen molar-refractivity contribution in [3.63, 3.8) is 0 Å². The largest absolute Gasteiger partial charge is 0.481 e. The highest BCUT2D eigenvalue weighted by Gasteiger charge is 2.70. The first-order chi connectivity index (χ1) is 16.9. The summed E-state index contributed by atoms with van der Waals surface area (Å²) in [6, 6.07) is 0. The Balaban J connectivity index is 1.57. The lowest BCUT2D eigenvalue weighted by atomic mass is 9.34. The molecule has 2 N–H and O–H groups in total. The number of rotatable bonds is 2. The first-order valence-electron chi connectivity index (χ1n) is 14.7. The molecule has 0 heterocycles. The number of hydrogen-bond donors (Lipinski definition) is 2. The van der Waals surface area contributed by atoms with Crippen LogP contribution in [0.3, 0.4) is 0 Å². The second kappa shape index (κ2) is 8.08. The van der Waals surface area contributed by atoms with Gasteiger partial charge in [-0.15, -0.1) is 0 Å². The van der Waals surface area contributed by atoms with Gasteiger partial charge in [0.05, 0.1) is 11.5 Å². The van der Waals surface area contributed by atoms with Crippen LogP contribution in [0.1, 0.15) is 113 Å². The molecule has 0 aromatic heterocycles. The molecule has 0 spiro atoms. The molecular formula is C32H50O5. The smallest absolute Gasteiger partial charge is 0.310 e. The van der Waals surface area contributed by atoms with Crippen LogP contribution >= 0.6 is 0 Å². The maximum Gasteiger partial charge on any atom is 0.310 e. The molecule has 5 heteroatoms. The van der Waals surface area contributed by atoms with Crippen LogP contribution in [-0.2, 0) is 14.3 Å². The number of aliphatic hydroxyl groups is 1. The average Bonchev–Trinajstić information content (AvgIpc) is 2.77. The summed E-state index contributed by atoms with van der Waals surface area (Å²) in [4.78, 5) is 24.8. The van der Waals surface area contributed by atoms with Crippen molar-refractivity contribution in [2.45, 2.75) is 125 Å². The first kappa shape index (κ1) is 27.2. The lowest BCUT2D eigenvalue weighted by Crippen LogP contribution is -2.67. The fourth-order valence-corrected chi connectivity index (χ4v) is 11.2. The van der Waals surface area contributed by atoms with Crippen LogP contribution in [0.4, 0.5) is 0 Å². The van der Waals surface area contributed by atoms with Gasteiger partial charge < -0.3 is 14.9 Å². The molecule has 5 aliphatic rings. The Morgan fingerprint density at radius 3 is 2.08 bits per heavy atom. The maximum absolute atomic E-state index is 12.9. The van der Waals surface area contributed by atoms with Gasteiger partial charge in [-0.3, -0.25) is 9.59 Å². The quantitative estimate of drug-likeness (QED) is 0.314. The maximum atomic E-state index is 12.9. The molecule has 0 aliphatic heterocycles. The molecular weight excluding hydrogens is 464 g/mol. The van der Waals surface area contributed by atoms with Crippen molar-refractivity contribution in [1.29, 1.82) is 0 Å². The van der Waals surface area contributed by atoms with Crippen molar-refractivity contribution in [1.82, 2.24) is 0 Å². The highest BCUT2D eigenvalue weighted by atomic mass is 16.5. The van der Waals surface area contributed by atoms with Gasteiger partial charge in [0, 0.05) is 24.2 Å². The molecule has 0 aromatic carbocycles. The molecule has 5 nitrogen and oxygen atoms in total. The molecule has 37 heavy (non-hydrogen) atoms. The van der Waals surface area contributed by atoms with Crippen LogP contribution in [0, 0.1) is 50.2 Å². The Bertz CT molecular complexity index is 1030. The molecule has 0 unspecified atom stereocenters. The Hall–Kier alpha value is -1.36. The molecule has 4 fully saturated rings. The number of carbonyl (C=O) groups is 2. The molecule has 0 amide bonds. The topological polar surface area (TPSA) is 83.8 Å². The molecule has 208 valence electrons. The van der Waals surface area contributed by atoms with Gasteiger partial charge in [-0.05, 0) is 85.4 Å². The number of carboxylic acid groups (broad SMARTS) is 1. The molecule has 5 aliphatic carbocycles. The number of esters is 1. The molecule has 4 saturated carbocycles. The lowest BCUT2D eigenvalue weighted by Gasteiger charge is -2.70. The normalized spacial score (nSPS) is 49.9. The van der Waals surface area contributed by atoms with E-state index in [1.807, 2.05) is 0 Å². The Morgan fingerprint density at radius 2 is 1.49 bits per heavy atom. The van der Waals surface area contributed by atoms with Gasteiger partial charge in [0.1, 0.15) is 6.10 Å². The van der Waals surface area contributed by atoms with E-state index in [2.05, 4.69) is 54.5 Å². The van der Waals surface area contributed by atoms with Gasteiger partial charge in [0.2, 0.25) is 0 Å². The predicted molar refractivity (Wildman–Crippen MR) is 144 cm³/mol. The van der Waals surface area contributed by atoms with E-state index in [0.717, 1.165) is 44.9 Å². The van der Waals surface area contributed by atoms with E-state index >= 15 is 0 Å². The number of carboxylic acids is 1. The van der Waals surface area contributed by atoms with Crippen LogP contribution < -0.4 is 0 Å². The molecule has 0 saturated heterocycles. The van der Waals surface area contributed by atoms with E-state index in [-0.39, 0.29) is 51.0 Å². The van der Waals surface area contributed by atoms with E-state index in [9.17, 15) is 19.8 Å². The SMILES string of the molecule is CC(=O)O[C@H]1C[C@H](O)[C@]2(C)[C@H]3CC[C@]4(C)C(=CC[C@@]5(C(=O)O)CCC(C)(C)C[C@H]54)[C@]3(C)CC[C@H]2C1(C)C. The minimum Gasteiger partial charge on any atom is -0.481 e. The summed E-state index contributed by atoms with van der Waals surface area (Å²) in [5, 5.41) is 22.3. The van der Waals surface area contributed by atoms with E-state index < -0.39 is 17.5 Å². The number of fused-ring (bicyclic) bond motifs is 7. The van der Waals surface area contributed by atoms with Gasteiger partial charge >= 0.3 is 11.9 Å². The van der Waals surface area contributed by atoms with E-state index in [4.69, 9.17) is 4.74 Å². The second-order valence-electron chi connectivity index (χ2n) is 15.8. The lowest BCUT2D eigenvalue weighted by molar-refractivity contribution is -0.236. The zero-order valence-corrected chi connectivity index (χ0v) is 24.4. The fraction of sp³-hybridized carbons (Fsp3) is 0.875. The van der Waals surface area contributed by atoms with Crippen LogP contribution in [0.25, 0.3) is 0 Å². The van der Waals surface area contributed by atoms with E-state index in [0.29, 0.717) is 18.8 Å². The van der Waals surface area contributed by atoms with Crippen molar-refractivity contribution >= 4 is 11.9 Å². The van der Waals surface area contributed by atoms with Crippen LogP contribution in [0.5, 0.6) is 0 Å². The summed E-state index contributed by atoms with van der Waals surface area (Å²) in [6.45, 7) is 17.7. The third kappa shape index (κ3) is 3.50.